The Labute approximate surface area is 358 Å². The molecule has 1 heterocycles. The number of nitrogens with zero attached hydrogens (tertiary/aromatic N) is 2. The average Bonchev–Trinajstić information content (AvgIpc) is 3.26. The van der Waals surface area contributed by atoms with Crippen molar-refractivity contribution in [2.75, 3.05) is 78.9 Å². The van der Waals surface area contributed by atoms with Crippen LogP contribution >= 0.6 is 0 Å². The second-order valence-corrected chi connectivity index (χ2v) is 15.0. The highest BCUT2D eigenvalue weighted by Crippen LogP contribution is 2.62. The second kappa shape index (κ2) is 23.4. The molecule has 3 aliphatic rings. The van der Waals surface area contributed by atoms with Gasteiger partial charge in [0.05, 0.1) is 64.6 Å². The Morgan fingerprint density at radius 2 is 1.74 bits per heavy atom. The minimum atomic E-state index is -1.53. The Kier molecular flexibility index (Phi) is 18.1. The molecule has 0 bridgehead atoms. The topological polar surface area (TPSA) is 196 Å². The molecule has 16 heteroatoms. The van der Waals surface area contributed by atoms with Gasteiger partial charge in [-0.3, -0.25) is 10.2 Å². The van der Waals surface area contributed by atoms with Gasteiger partial charge in [0.15, 0.2) is 0 Å². The molecule has 4 N–H and O–H groups in total. The van der Waals surface area contributed by atoms with E-state index in [4.69, 9.17) is 38.0 Å². The first-order valence-electron chi connectivity index (χ1n) is 21.3. The van der Waals surface area contributed by atoms with Gasteiger partial charge in [-0.05, 0) is 87.3 Å². The Bertz CT molecular complexity index is 1820. The van der Waals surface area contributed by atoms with Crippen LogP contribution in [0.3, 0.4) is 0 Å². The summed E-state index contributed by atoms with van der Waals surface area (Å²) in [6.45, 7) is 8.22. The quantitative estimate of drug-likeness (QED) is 0.0513. The lowest BCUT2D eigenvalue weighted by Crippen LogP contribution is -2.70. The van der Waals surface area contributed by atoms with E-state index in [1.165, 1.54) is 14.2 Å². The smallest absolute Gasteiger partial charge is 0.417 e. The summed E-state index contributed by atoms with van der Waals surface area (Å²) in [5.74, 6) is -0.845. The van der Waals surface area contributed by atoms with E-state index < -0.39 is 29.9 Å². The van der Waals surface area contributed by atoms with Gasteiger partial charge in [0.1, 0.15) is 35.6 Å². The van der Waals surface area contributed by atoms with Crippen molar-refractivity contribution in [3.63, 3.8) is 0 Å². The molecule has 1 aliphatic heterocycles. The maximum absolute atomic E-state index is 14.1. The third-order valence-corrected chi connectivity index (χ3v) is 11.4. The standard InChI is InChI=1S/C45H63N3O13/c1-6-23-58-45-40(48(44(53)57-7-2)19-24-56-25-22-51)29-37(47-59-8-3)34-26-30(13-9-11-20-49)33(14-10-12-21-50)41(42(34)45)35-27-32(16-18-38(35)61-45)60-43(52)46-36-17-15-31(54-4)28-39(36)55-5/h6,15-18,26-28,30,33,40-42,49-51H,1,7-14,19-25,29H2,2-5H3,(H,46,52). The van der Waals surface area contributed by atoms with Crippen LogP contribution in [0.15, 0.2) is 65.9 Å². The van der Waals surface area contributed by atoms with Gasteiger partial charge in [0.2, 0.25) is 5.79 Å². The van der Waals surface area contributed by atoms with Crippen LogP contribution in [0.25, 0.3) is 0 Å². The lowest BCUT2D eigenvalue weighted by atomic mass is 9.55. The van der Waals surface area contributed by atoms with Crippen LogP contribution in [0.4, 0.5) is 15.3 Å². The lowest BCUT2D eigenvalue weighted by molar-refractivity contribution is -0.256. The van der Waals surface area contributed by atoms with Gasteiger partial charge in [-0.2, -0.15) is 0 Å². The Morgan fingerprint density at radius 1 is 0.967 bits per heavy atom. The summed E-state index contributed by atoms with van der Waals surface area (Å²) < 4.78 is 42.2. The van der Waals surface area contributed by atoms with Crippen LogP contribution in [-0.4, -0.2) is 124 Å². The number of rotatable bonds is 24. The lowest BCUT2D eigenvalue weighted by Gasteiger charge is -2.59. The maximum atomic E-state index is 14.1. The number of amides is 2. The Hall–Kier alpha value is -4.87. The average molecular weight is 854 g/mol. The van der Waals surface area contributed by atoms with Crippen LogP contribution in [0, 0.1) is 17.8 Å². The van der Waals surface area contributed by atoms with Gasteiger partial charge in [0.25, 0.3) is 0 Å². The summed E-state index contributed by atoms with van der Waals surface area (Å²) in [5, 5.41) is 36.6. The highest BCUT2D eigenvalue weighted by atomic mass is 16.7. The summed E-state index contributed by atoms with van der Waals surface area (Å²) in [7, 11) is 3.03. The molecule has 1 fully saturated rings. The molecule has 5 rings (SSSR count). The summed E-state index contributed by atoms with van der Waals surface area (Å²) in [5.41, 5.74) is 2.64. The van der Waals surface area contributed by atoms with Crippen molar-refractivity contribution in [2.24, 2.45) is 22.9 Å². The molecular formula is C45H63N3O13. The van der Waals surface area contributed by atoms with E-state index in [9.17, 15) is 24.9 Å². The molecule has 16 nitrogen and oxygen atoms in total. The van der Waals surface area contributed by atoms with E-state index in [0.29, 0.717) is 54.5 Å². The van der Waals surface area contributed by atoms with Gasteiger partial charge in [0, 0.05) is 43.7 Å². The van der Waals surface area contributed by atoms with E-state index in [1.807, 2.05) is 13.0 Å². The fourth-order valence-corrected chi connectivity index (χ4v) is 8.91. The summed E-state index contributed by atoms with van der Waals surface area (Å²) in [6.07, 6.45) is 6.91. The van der Waals surface area contributed by atoms with Crippen molar-refractivity contribution in [1.29, 1.82) is 0 Å². The van der Waals surface area contributed by atoms with Crippen molar-refractivity contribution in [1.82, 2.24) is 4.90 Å². The number of oxime groups is 1. The maximum Gasteiger partial charge on any atom is 0.417 e. The number of benzene rings is 2. The molecule has 2 aromatic carbocycles. The number of unbranched alkanes of at least 4 members (excludes halogenated alkanes) is 2. The fraction of sp³-hybridized carbons (Fsp3) is 0.578. The third-order valence-electron chi connectivity index (χ3n) is 11.4. The second-order valence-electron chi connectivity index (χ2n) is 15.0. The Morgan fingerprint density at radius 3 is 2.43 bits per heavy atom. The number of hydrogen-bond acceptors (Lipinski definition) is 14. The normalized spacial score (nSPS) is 23.1. The number of aliphatic hydroxyl groups is 3. The molecule has 2 amide bonds. The van der Waals surface area contributed by atoms with Crippen molar-refractivity contribution >= 4 is 23.6 Å². The Balaban J connectivity index is 1.70. The molecule has 61 heavy (non-hydrogen) atoms. The first-order valence-corrected chi connectivity index (χ1v) is 21.3. The van der Waals surface area contributed by atoms with E-state index in [1.54, 1.807) is 48.2 Å². The third kappa shape index (κ3) is 11.2. The number of aliphatic hydroxyl groups excluding tert-OH is 3. The van der Waals surface area contributed by atoms with Gasteiger partial charge in [-0.1, -0.05) is 30.1 Å². The molecule has 0 saturated heterocycles. The first kappa shape index (κ1) is 47.2. The number of allylic oxidation sites excluding steroid dienone is 1. The molecule has 0 radical (unpaired) electrons. The van der Waals surface area contributed by atoms with Crippen LogP contribution < -0.4 is 24.3 Å². The van der Waals surface area contributed by atoms with E-state index in [0.717, 1.165) is 30.4 Å². The highest BCUT2D eigenvalue weighted by Gasteiger charge is 2.65. The van der Waals surface area contributed by atoms with Gasteiger partial charge in [-0.25, -0.2) is 9.59 Å². The van der Waals surface area contributed by atoms with Gasteiger partial charge >= 0.3 is 12.2 Å². The molecular weight excluding hydrogens is 791 g/mol. The van der Waals surface area contributed by atoms with Gasteiger partial charge in [-0.15, -0.1) is 6.58 Å². The highest BCUT2D eigenvalue weighted by molar-refractivity contribution is 6.03. The zero-order valence-corrected chi connectivity index (χ0v) is 35.8. The van der Waals surface area contributed by atoms with Crippen molar-refractivity contribution in [3.8, 4) is 23.0 Å². The summed E-state index contributed by atoms with van der Waals surface area (Å²) in [6, 6.07) is 9.41. The number of fused-ring (bicyclic) bond motifs is 2. The predicted molar refractivity (Wildman–Crippen MR) is 227 cm³/mol. The van der Waals surface area contributed by atoms with E-state index in [-0.39, 0.29) is 82.7 Å². The molecule has 2 aromatic rings. The monoisotopic (exact) mass is 853 g/mol. The largest absolute Gasteiger partial charge is 0.497 e. The fourth-order valence-electron chi connectivity index (χ4n) is 8.91. The van der Waals surface area contributed by atoms with Crippen molar-refractivity contribution in [2.45, 2.75) is 76.5 Å². The van der Waals surface area contributed by atoms with Crippen molar-refractivity contribution in [3.05, 3.63) is 66.3 Å². The number of ether oxygens (including phenoxy) is 7. The number of carbonyl (C=O) groups is 2. The number of anilines is 1. The van der Waals surface area contributed by atoms with Crippen molar-refractivity contribution < 1.29 is 62.9 Å². The zero-order chi connectivity index (χ0) is 43.8. The minimum absolute atomic E-state index is 0.00336. The number of carbonyl (C=O) groups excluding carboxylic acids is 2. The zero-order valence-electron chi connectivity index (χ0n) is 35.8. The minimum Gasteiger partial charge on any atom is -0.497 e. The summed E-state index contributed by atoms with van der Waals surface area (Å²) in [4.78, 5) is 34.9. The van der Waals surface area contributed by atoms with Crippen LogP contribution in [0.1, 0.15) is 70.3 Å². The molecule has 6 unspecified atom stereocenters. The molecule has 6 atom stereocenters. The molecule has 336 valence electrons. The number of nitrogens with one attached hydrogen (secondary N) is 1. The van der Waals surface area contributed by atoms with Crippen LogP contribution in [0.2, 0.25) is 0 Å². The van der Waals surface area contributed by atoms with Crippen LogP contribution in [0.5, 0.6) is 23.0 Å². The SMILES string of the molecule is C=CCOC12Oc3ccc(OC(=O)Nc4ccc(OC)cc4OC)cc3C3C(CCCCO)C(CCCCO)C=C(C(=NOCC)CC1N(CCOCCO)C(=O)OCC)C32. The number of hydrogen-bond donors (Lipinski definition) is 4. The van der Waals surface area contributed by atoms with Crippen LogP contribution in [-0.2, 0) is 19.0 Å². The molecule has 0 aromatic heterocycles. The van der Waals surface area contributed by atoms with E-state index >= 15 is 0 Å². The number of methoxy groups -OCH3 is 2. The molecule has 2 aliphatic carbocycles. The van der Waals surface area contributed by atoms with E-state index in [2.05, 4.69) is 23.1 Å². The predicted octanol–water partition coefficient (Wildman–Crippen LogP) is 6.44. The molecule has 0 spiro atoms. The first-order chi connectivity index (χ1) is 29.7. The van der Waals surface area contributed by atoms with Gasteiger partial charge < -0.3 is 53.3 Å². The summed E-state index contributed by atoms with van der Waals surface area (Å²) >= 11 is 0. The molecule has 1 saturated carbocycles.